The van der Waals surface area contributed by atoms with E-state index in [0.717, 1.165) is 44.9 Å². The van der Waals surface area contributed by atoms with Crippen LogP contribution >= 0.6 is 0 Å². The van der Waals surface area contributed by atoms with Crippen LogP contribution in [0.1, 0.15) is 24.2 Å². The fourth-order valence-electron chi connectivity index (χ4n) is 3.88. The molecule has 4 rings (SSSR count). The van der Waals surface area contributed by atoms with Crippen molar-refractivity contribution in [3.05, 3.63) is 54.2 Å². The van der Waals surface area contributed by atoms with Crippen LogP contribution in [0.15, 0.2) is 47.3 Å². The molecule has 128 valence electrons. The van der Waals surface area contributed by atoms with E-state index in [-0.39, 0.29) is 0 Å². The maximum Gasteiger partial charge on any atom is 0.117 e. The molecule has 2 aromatic heterocycles. The number of furan rings is 1. The monoisotopic (exact) mass is 328 g/mol. The minimum atomic E-state index is 0.336. The lowest BCUT2D eigenvalue weighted by molar-refractivity contribution is -0.0609. The smallest absolute Gasteiger partial charge is 0.117 e. The summed E-state index contributed by atoms with van der Waals surface area (Å²) in [5.41, 5.74) is 1.18. The second kappa shape index (κ2) is 7.47. The first kappa shape index (κ1) is 15.8. The summed E-state index contributed by atoms with van der Waals surface area (Å²) in [6.45, 7) is 4.12. The van der Waals surface area contributed by atoms with E-state index in [2.05, 4.69) is 16.0 Å². The van der Waals surface area contributed by atoms with E-state index in [1.807, 2.05) is 30.6 Å². The van der Waals surface area contributed by atoms with Crippen LogP contribution in [0.25, 0.3) is 0 Å². The molecule has 0 aromatic carbocycles. The van der Waals surface area contributed by atoms with Gasteiger partial charge in [0.05, 0.1) is 32.1 Å². The Hall–Kier alpha value is -1.69. The summed E-state index contributed by atoms with van der Waals surface area (Å²) in [7, 11) is 0. The van der Waals surface area contributed by atoms with Gasteiger partial charge in [-0.3, -0.25) is 9.88 Å². The highest BCUT2D eigenvalue weighted by atomic mass is 16.5. The molecule has 0 bridgehead atoms. The van der Waals surface area contributed by atoms with Gasteiger partial charge < -0.3 is 13.9 Å². The SMILES string of the molecule is c1coc(CN2CCO[C@@H]3C[C@@H](COCc4ccncc4)C[C@@H]32)c1. The summed E-state index contributed by atoms with van der Waals surface area (Å²) < 4.78 is 17.5. The first-order valence-electron chi connectivity index (χ1n) is 8.73. The largest absolute Gasteiger partial charge is 0.468 e. The average molecular weight is 328 g/mol. The zero-order chi connectivity index (χ0) is 16.2. The fourth-order valence-corrected chi connectivity index (χ4v) is 3.88. The highest BCUT2D eigenvalue weighted by molar-refractivity contribution is 5.08. The molecular formula is C19H24N2O3. The average Bonchev–Trinajstić information content (AvgIpc) is 3.26. The maximum atomic E-state index is 6.01. The van der Waals surface area contributed by atoms with Crippen molar-refractivity contribution < 1.29 is 13.9 Å². The van der Waals surface area contributed by atoms with Crippen molar-refractivity contribution in [2.75, 3.05) is 19.8 Å². The van der Waals surface area contributed by atoms with E-state index in [4.69, 9.17) is 13.9 Å². The van der Waals surface area contributed by atoms with E-state index < -0.39 is 0 Å². The third-order valence-electron chi connectivity index (χ3n) is 5.06. The van der Waals surface area contributed by atoms with Crippen LogP contribution in [-0.2, 0) is 22.6 Å². The van der Waals surface area contributed by atoms with Crippen LogP contribution in [0.4, 0.5) is 0 Å². The predicted molar refractivity (Wildman–Crippen MR) is 89.3 cm³/mol. The lowest BCUT2D eigenvalue weighted by Crippen LogP contribution is -2.47. The van der Waals surface area contributed by atoms with Gasteiger partial charge in [-0.15, -0.1) is 0 Å². The van der Waals surface area contributed by atoms with E-state index in [0.29, 0.717) is 24.7 Å². The Morgan fingerprint density at radius 3 is 2.96 bits per heavy atom. The minimum Gasteiger partial charge on any atom is -0.468 e. The van der Waals surface area contributed by atoms with Crippen molar-refractivity contribution in [1.29, 1.82) is 0 Å². The predicted octanol–water partition coefficient (Wildman–Crippen LogP) is 2.87. The van der Waals surface area contributed by atoms with Crippen LogP contribution in [-0.4, -0.2) is 41.8 Å². The van der Waals surface area contributed by atoms with Crippen LogP contribution < -0.4 is 0 Å². The molecule has 1 saturated carbocycles. The number of aromatic nitrogens is 1. The van der Waals surface area contributed by atoms with Gasteiger partial charge in [0.1, 0.15) is 5.76 Å². The summed E-state index contributed by atoms with van der Waals surface area (Å²) in [5, 5.41) is 0. The number of fused-ring (bicyclic) bond motifs is 1. The van der Waals surface area contributed by atoms with Gasteiger partial charge in [0.25, 0.3) is 0 Å². The fraction of sp³-hybridized carbons (Fsp3) is 0.526. The van der Waals surface area contributed by atoms with Crippen molar-refractivity contribution in [3.8, 4) is 0 Å². The topological polar surface area (TPSA) is 47.7 Å². The third-order valence-corrected chi connectivity index (χ3v) is 5.06. The molecule has 0 unspecified atom stereocenters. The number of ether oxygens (including phenoxy) is 2. The quantitative estimate of drug-likeness (QED) is 0.816. The Bertz CT molecular complexity index is 617. The molecule has 5 heteroatoms. The first-order chi connectivity index (χ1) is 11.9. The normalized spacial score (nSPS) is 27.2. The van der Waals surface area contributed by atoms with Gasteiger partial charge in [0.15, 0.2) is 0 Å². The lowest BCUT2D eigenvalue weighted by atomic mass is 10.1. The van der Waals surface area contributed by atoms with Gasteiger partial charge >= 0.3 is 0 Å². The Labute approximate surface area is 142 Å². The summed E-state index contributed by atoms with van der Waals surface area (Å²) in [4.78, 5) is 6.54. The van der Waals surface area contributed by atoms with E-state index in [1.165, 1.54) is 5.56 Å². The molecule has 24 heavy (non-hydrogen) atoms. The number of hydrogen-bond donors (Lipinski definition) is 0. The van der Waals surface area contributed by atoms with E-state index in [1.54, 1.807) is 6.26 Å². The van der Waals surface area contributed by atoms with Crippen LogP contribution in [0.2, 0.25) is 0 Å². The highest BCUT2D eigenvalue weighted by Crippen LogP contribution is 2.35. The van der Waals surface area contributed by atoms with Crippen molar-refractivity contribution >= 4 is 0 Å². The van der Waals surface area contributed by atoms with Crippen LogP contribution in [0.3, 0.4) is 0 Å². The molecule has 5 nitrogen and oxygen atoms in total. The zero-order valence-electron chi connectivity index (χ0n) is 13.8. The number of morpholine rings is 1. The van der Waals surface area contributed by atoms with E-state index in [9.17, 15) is 0 Å². The van der Waals surface area contributed by atoms with Gasteiger partial charge in [-0.05, 0) is 48.6 Å². The first-order valence-corrected chi connectivity index (χ1v) is 8.73. The molecular weight excluding hydrogens is 304 g/mol. The number of pyridine rings is 1. The van der Waals surface area contributed by atoms with Crippen molar-refractivity contribution in [1.82, 2.24) is 9.88 Å². The van der Waals surface area contributed by atoms with E-state index >= 15 is 0 Å². The molecule has 2 fully saturated rings. The summed E-state index contributed by atoms with van der Waals surface area (Å²) in [6.07, 6.45) is 7.93. The second-order valence-corrected chi connectivity index (χ2v) is 6.73. The molecule has 0 N–H and O–H groups in total. The van der Waals surface area contributed by atoms with Gasteiger partial charge in [-0.1, -0.05) is 0 Å². The minimum absolute atomic E-state index is 0.336. The van der Waals surface area contributed by atoms with Gasteiger partial charge in [-0.2, -0.15) is 0 Å². The Morgan fingerprint density at radius 2 is 2.12 bits per heavy atom. The third kappa shape index (κ3) is 3.69. The summed E-state index contributed by atoms with van der Waals surface area (Å²) >= 11 is 0. The molecule has 3 heterocycles. The van der Waals surface area contributed by atoms with Gasteiger partial charge in [-0.25, -0.2) is 0 Å². The molecule has 0 radical (unpaired) electrons. The lowest BCUT2D eigenvalue weighted by Gasteiger charge is -2.37. The van der Waals surface area contributed by atoms with Crippen LogP contribution in [0, 0.1) is 5.92 Å². The summed E-state index contributed by atoms with van der Waals surface area (Å²) in [5.74, 6) is 1.60. The number of hydrogen-bond acceptors (Lipinski definition) is 5. The van der Waals surface area contributed by atoms with Gasteiger partial charge in [0.2, 0.25) is 0 Å². The van der Waals surface area contributed by atoms with Crippen molar-refractivity contribution in [2.45, 2.75) is 38.1 Å². The van der Waals surface area contributed by atoms with Crippen molar-refractivity contribution in [3.63, 3.8) is 0 Å². The second-order valence-electron chi connectivity index (χ2n) is 6.73. The molecule has 0 amide bonds. The Morgan fingerprint density at radius 1 is 1.21 bits per heavy atom. The Balaban J connectivity index is 1.29. The van der Waals surface area contributed by atoms with Crippen molar-refractivity contribution in [2.24, 2.45) is 5.92 Å². The summed E-state index contributed by atoms with van der Waals surface area (Å²) in [6, 6.07) is 8.50. The molecule has 2 aromatic rings. The molecule has 0 spiro atoms. The standard InChI is InChI=1S/C19H24N2O3/c1-2-17(23-8-1)12-21-7-9-24-19-11-16(10-18(19)21)14-22-13-15-3-5-20-6-4-15/h1-6,8,16,18-19H,7,9-14H2/t16-,18-,19+/m0/s1. The molecule has 1 aliphatic carbocycles. The number of nitrogens with zero attached hydrogens (tertiary/aromatic N) is 2. The zero-order valence-corrected chi connectivity index (χ0v) is 13.8. The molecule has 3 atom stereocenters. The van der Waals surface area contributed by atoms with Crippen LogP contribution in [0.5, 0.6) is 0 Å². The maximum absolute atomic E-state index is 6.01. The highest BCUT2D eigenvalue weighted by Gasteiger charge is 2.41. The Kier molecular flexibility index (Phi) is 4.92. The molecule has 1 aliphatic heterocycles. The molecule has 2 aliphatic rings. The van der Waals surface area contributed by atoms with Gasteiger partial charge in [0, 0.05) is 31.6 Å². The number of rotatable bonds is 6. The molecule has 1 saturated heterocycles.